The Labute approximate surface area is 322 Å². The zero-order valence-electron chi connectivity index (χ0n) is 29.8. The van der Waals surface area contributed by atoms with E-state index in [2.05, 4.69) is 205 Å². The molecule has 0 aliphatic rings. The Morgan fingerprint density at radius 3 is 1.84 bits per heavy atom. The molecule has 0 saturated heterocycles. The fourth-order valence-electron chi connectivity index (χ4n) is 8.25. The second-order valence-corrected chi connectivity index (χ2v) is 15.1. The van der Waals surface area contributed by atoms with Crippen LogP contribution in [0.15, 0.2) is 205 Å². The molecule has 0 amide bonds. The van der Waals surface area contributed by atoms with Gasteiger partial charge in [0.25, 0.3) is 0 Å². The summed E-state index contributed by atoms with van der Waals surface area (Å²) in [5, 5.41) is 7.24. The highest BCUT2D eigenvalue weighted by molar-refractivity contribution is 7.26. The summed E-state index contributed by atoms with van der Waals surface area (Å²) in [6, 6.07) is 72.1. The minimum Gasteiger partial charge on any atom is -0.455 e. The van der Waals surface area contributed by atoms with Gasteiger partial charge in [0, 0.05) is 53.4 Å². The minimum atomic E-state index is 0.902. The summed E-state index contributed by atoms with van der Waals surface area (Å²) in [7, 11) is 0. The molecular weight excluding hydrogens is 687 g/mol. The van der Waals surface area contributed by atoms with Crippen LogP contribution in [-0.2, 0) is 0 Å². The quantitative estimate of drug-likeness (QED) is 0.170. The van der Waals surface area contributed by atoms with Gasteiger partial charge in [0.1, 0.15) is 11.2 Å². The van der Waals surface area contributed by atoms with Crippen LogP contribution in [-0.4, -0.2) is 0 Å². The number of nitrogens with zero attached hydrogens (tertiary/aromatic N) is 1. The predicted molar refractivity (Wildman–Crippen MR) is 235 cm³/mol. The maximum atomic E-state index is 6.53. The highest BCUT2D eigenvalue weighted by Crippen LogP contribution is 2.44. The van der Waals surface area contributed by atoms with E-state index in [-0.39, 0.29) is 0 Å². The lowest BCUT2D eigenvalue weighted by Gasteiger charge is -2.26. The van der Waals surface area contributed by atoms with E-state index in [1.165, 1.54) is 47.8 Å². The van der Waals surface area contributed by atoms with Crippen LogP contribution in [0.2, 0.25) is 0 Å². The van der Waals surface area contributed by atoms with E-state index in [1.807, 2.05) is 11.3 Å². The predicted octanol–water partition coefficient (Wildman–Crippen LogP) is 15.6. The van der Waals surface area contributed by atoms with Crippen molar-refractivity contribution in [3.63, 3.8) is 0 Å². The van der Waals surface area contributed by atoms with Crippen molar-refractivity contribution in [2.75, 3.05) is 4.90 Å². The van der Waals surface area contributed by atoms with Gasteiger partial charge < -0.3 is 9.32 Å². The Morgan fingerprint density at radius 1 is 0.382 bits per heavy atom. The molecule has 0 spiro atoms. The number of furan rings is 1. The van der Waals surface area contributed by atoms with E-state index in [9.17, 15) is 0 Å². The van der Waals surface area contributed by atoms with Gasteiger partial charge in [-0.2, -0.15) is 0 Å². The third kappa shape index (κ3) is 5.32. The van der Waals surface area contributed by atoms with Crippen LogP contribution in [0.1, 0.15) is 0 Å². The second kappa shape index (κ2) is 12.9. The van der Waals surface area contributed by atoms with Crippen molar-refractivity contribution in [1.29, 1.82) is 0 Å². The molecule has 0 bridgehead atoms. The first-order chi connectivity index (χ1) is 27.3. The average Bonchev–Trinajstić information content (AvgIpc) is 3.84. The number of benzene rings is 9. The molecule has 0 aliphatic carbocycles. The molecule has 11 rings (SSSR count). The molecule has 2 heterocycles. The van der Waals surface area contributed by atoms with E-state index >= 15 is 0 Å². The van der Waals surface area contributed by atoms with E-state index < -0.39 is 0 Å². The molecule has 9 aromatic carbocycles. The van der Waals surface area contributed by atoms with Crippen LogP contribution in [0.4, 0.5) is 17.1 Å². The Hall–Kier alpha value is -6.94. The lowest BCUT2D eigenvalue weighted by molar-refractivity contribution is 0.673. The van der Waals surface area contributed by atoms with E-state index in [1.54, 1.807) is 0 Å². The first kappa shape index (κ1) is 31.6. The molecule has 0 saturated carbocycles. The SMILES string of the molecule is c1ccc(-c2cccc(N(c3ccc(-c4cccc5c4sc4ccccc45)cc3)c3ccc(-c4cccc5oc6c7ccccc7ccc6c45)cc3)c2)cc1. The van der Waals surface area contributed by atoms with Gasteiger partial charge in [-0.05, 0) is 93.4 Å². The number of thiophene rings is 1. The molecule has 0 unspecified atom stereocenters. The summed E-state index contributed by atoms with van der Waals surface area (Å²) < 4.78 is 9.17. The van der Waals surface area contributed by atoms with Gasteiger partial charge in [0.05, 0.1) is 0 Å². The molecule has 258 valence electrons. The Kier molecular flexibility index (Phi) is 7.39. The van der Waals surface area contributed by atoms with Crippen LogP contribution >= 0.6 is 11.3 Å². The molecule has 0 atom stereocenters. The molecule has 0 fully saturated rings. The van der Waals surface area contributed by atoms with Crippen LogP contribution in [0.25, 0.3) is 86.3 Å². The number of fused-ring (bicyclic) bond motifs is 8. The normalized spacial score (nSPS) is 11.6. The summed E-state index contributed by atoms with van der Waals surface area (Å²) in [6.45, 7) is 0. The lowest BCUT2D eigenvalue weighted by atomic mass is 9.97. The van der Waals surface area contributed by atoms with Gasteiger partial charge in [0.2, 0.25) is 0 Å². The molecule has 0 N–H and O–H groups in total. The third-order valence-corrected chi connectivity index (χ3v) is 12.1. The number of anilines is 3. The summed E-state index contributed by atoms with van der Waals surface area (Å²) in [4.78, 5) is 2.36. The van der Waals surface area contributed by atoms with Crippen LogP contribution < -0.4 is 4.90 Å². The van der Waals surface area contributed by atoms with Crippen molar-refractivity contribution in [2.45, 2.75) is 0 Å². The molecule has 3 heteroatoms. The van der Waals surface area contributed by atoms with Crippen LogP contribution in [0.3, 0.4) is 0 Å². The smallest absolute Gasteiger partial charge is 0.143 e. The lowest BCUT2D eigenvalue weighted by Crippen LogP contribution is -2.10. The first-order valence-electron chi connectivity index (χ1n) is 18.7. The Balaban J connectivity index is 1.02. The van der Waals surface area contributed by atoms with Gasteiger partial charge in [-0.1, -0.05) is 146 Å². The fourth-order valence-corrected chi connectivity index (χ4v) is 9.49. The van der Waals surface area contributed by atoms with E-state index in [4.69, 9.17) is 4.42 Å². The van der Waals surface area contributed by atoms with Crippen molar-refractivity contribution in [2.24, 2.45) is 0 Å². The zero-order valence-corrected chi connectivity index (χ0v) is 30.6. The highest BCUT2D eigenvalue weighted by Gasteiger charge is 2.18. The van der Waals surface area contributed by atoms with Gasteiger partial charge >= 0.3 is 0 Å². The molecule has 2 aromatic heterocycles. The Bertz CT molecular complexity index is 3190. The number of hydrogen-bond acceptors (Lipinski definition) is 3. The number of rotatable bonds is 6. The van der Waals surface area contributed by atoms with Crippen LogP contribution in [0, 0.1) is 0 Å². The van der Waals surface area contributed by atoms with Crippen molar-refractivity contribution in [3.05, 3.63) is 200 Å². The second-order valence-electron chi connectivity index (χ2n) is 14.1. The summed E-state index contributed by atoms with van der Waals surface area (Å²) in [5.41, 5.74) is 12.3. The van der Waals surface area contributed by atoms with E-state index in [0.717, 1.165) is 55.5 Å². The highest BCUT2D eigenvalue weighted by atomic mass is 32.1. The van der Waals surface area contributed by atoms with Crippen molar-refractivity contribution in [3.8, 4) is 33.4 Å². The van der Waals surface area contributed by atoms with Gasteiger partial charge in [-0.25, -0.2) is 0 Å². The number of hydrogen-bond donors (Lipinski definition) is 0. The van der Waals surface area contributed by atoms with Gasteiger partial charge in [-0.15, -0.1) is 11.3 Å². The molecule has 55 heavy (non-hydrogen) atoms. The van der Waals surface area contributed by atoms with Gasteiger partial charge in [-0.3, -0.25) is 0 Å². The molecule has 0 radical (unpaired) electrons. The summed E-state index contributed by atoms with van der Waals surface area (Å²) in [6.07, 6.45) is 0. The standard InChI is InChI=1S/C52H33NOS/c1-2-11-34(12-3-1)38-14-8-15-41(33-38)53(40-30-25-37(26-31-40)44-19-9-20-46-45-17-6-7-22-49(45)55-52(44)46)39-28-23-36(24-29-39)42-18-10-21-48-50(42)47-32-27-35-13-4-5-16-43(35)51(47)54-48/h1-33H. The summed E-state index contributed by atoms with van der Waals surface area (Å²) >= 11 is 1.87. The maximum absolute atomic E-state index is 6.53. The first-order valence-corrected chi connectivity index (χ1v) is 19.5. The maximum Gasteiger partial charge on any atom is 0.143 e. The van der Waals surface area contributed by atoms with Crippen molar-refractivity contribution < 1.29 is 4.42 Å². The molecular formula is C52H33NOS. The molecule has 11 aromatic rings. The summed E-state index contributed by atoms with van der Waals surface area (Å²) in [5.74, 6) is 0. The van der Waals surface area contributed by atoms with Gasteiger partial charge in [0.15, 0.2) is 0 Å². The van der Waals surface area contributed by atoms with Crippen molar-refractivity contribution >= 4 is 81.3 Å². The zero-order chi connectivity index (χ0) is 36.3. The van der Waals surface area contributed by atoms with E-state index in [0.29, 0.717) is 0 Å². The monoisotopic (exact) mass is 719 g/mol. The van der Waals surface area contributed by atoms with Crippen LogP contribution in [0.5, 0.6) is 0 Å². The topological polar surface area (TPSA) is 16.4 Å². The molecule has 0 aliphatic heterocycles. The largest absolute Gasteiger partial charge is 0.455 e. The minimum absolute atomic E-state index is 0.902. The Morgan fingerprint density at radius 2 is 1.02 bits per heavy atom. The molecule has 2 nitrogen and oxygen atoms in total. The fraction of sp³-hybridized carbons (Fsp3) is 0. The average molecular weight is 720 g/mol. The van der Waals surface area contributed by atoms with Crippen molar-refractivity contribution in [1.82, 2.24) is 0 Å². The third-order valence-electron chi connectivity index (χ3n) is 10.9.